The molecule has 0 fully saturated rings. The van der Waals surface area contributed by atoms with Gasteiger partial charge < -0.3 is 5.73 Å². The van der Waals surface area contributed by atoms with Crippen LogP contribution in [0.15, 0.2) is 18.5 Å². The number of aryl methyl sites for hydroxylation is 1. The molecule has 0 aromatic carbocycles. The first kappa shape index (κ1) is 11.7. The van der Waals surface area contributed by atoms with Crippen molar-refractivity contribution in [1.29, 1.82) is 0 Å². The summed E-state index contributed by atoms with van der Waals surface area (Å²) in [7, 11) is 0. The van der Waals surface area contributed by atoms with Gasteiger partial charge in [0.2, 0.25) is 0 Å². The quantitative estimate of drug-likeness (QED) is 0.870. The molecule has 17 heavy (non-hydrogen) atoms. The van der Waals surface area contributed by atoms with E-state index in [-0.39, 0.29) is 0 Å². The lowest BCUT2D eigenvalue weighted by atomic mass is 10.1. The van der Waals surface area contributed by atoms with Gasteiger partial charge in [0.05, 0.1) is 5.69 Å². The lowest BCUT2D eigenvalue weighted by Crippen LogP contribution is -2.08. The van der Waals surface area contributed by atoms with Gasteiger partial charge >= 0.3 is 0 Å². The van der Waals surface area contributed by atoms with E-state index in [1.54, 1.807) is 10.9 Å². The highest BCUT2D eigenvalue weighted by atomic mass is 15.3. The average molecular weight is 231 g/mol. The van der Waals surface area contributed by atoms with Gasteiger partial charge in [0.1, 0.15) is 0 Å². The van der Waals surface area contributed by atoms with Crippen molar-refractivity contribution >= 4 is 0 Å². The highest BCUT2D eigenvalue weighted by Gasteiger charge is 2.08. The Labute approximate surface area is 101 Å². The van der Waals surface area contributed by atoms with Gasteiger partial charge in [-0.15, -0.1) is 0 Å². The second-order valence-electron chi connectivity index (χ2n) is 4.32. The molecule has 0 aliphatic carbocycles. The van der Waals surface area contributed by atoms with Crippen LogP contribution in [0, 0.1) is 6.92 Å². The fraction of sp³-hybridized carbons (Fsp3) is 0.417. The molecule has 0 bridgehead atoms. The molecule has 2 rings (SSSR count). The molecular weight excluding hydrogens is 214 g/mol. The van der Waals surface area contributed by atoms with E-state index in [0.717, 1.165) is 17.0 Å². The molecule has 0 unspecified atom stereocenters. The molecule has 2 heterocycles. The maximum absolute atomic E-state index is 5.58. The average Bonchev–Trinajstić information content (AvgIpc) is 2.78. The molecule has 0 spiro atoms. The Morgan fingerprint density at radius 2 is 2.18 bits per heavy atom. The third kappa shape index (κ3) is 2.34. The summed E-state index contributed by atoms with van der Waals surface area (Å²) < 4.78 is 1.70. The standard InChI is InChI=1S/C12H17N5/c1-8(2)11-4-5-17(16-11)12-14-7-10(6-13)9(3)15-12/h4-5,7-8H,6,13H2,1-3H3. The van der Waals surface area contributed by atoms with Crippen LogP contribution < -0.4 is 5.73 Å². The van der Waals surface area contributed by atoms with Crippen molar-refractivity contribution in [3.8, 4) is 5.95 Å². The van der Waals surface area contributed by atoms with E-state index in [9.17, 15) is 0 Å². The largest absolute Gasteiger partial charge is 0.326 e. The zero-order valence-electron chi connectivity index (χ0n) is 10.4. The molecule has 0 aliphatic rings. The summed E-state index contributed by atoms with van der Waals surface area (Å²) in [6.45, 7) is 6.61. The number of nitrogens with two attached hydrogens (primary N) is 1. The highest BCUT2D eigenvalue weighted by Crippen LogP contribution is 2.12. The van der Waals surface area contributed by atoms with Gasteiger partial charge in [-0.1, -0.05) is 13.8 Å². The third-order valence-electron chi connectivity index (χ3n) is 2.69. The smallest absolute Gasteiger partial charge is 0.250 e. The summed E-state index contributed by atoms with van der Waals surface area (Å²) in [4.78, 5) is 8.66. The van der Waals surface area contributed by atoms with Gasteiger partial charge in [-0.2, -0.15) is 5.10 Å². The Morgan fingerprint density at radius 3 is 2.71 bits per heavy atom. The number of nitrogens with zero attached hydrogens (tertiary/aromatic N) is 4. The first-order valence-corrected chi connectivity index (χ1v) is 5.70. The Morgan fingerprint density at radius 1 is 1.41 bits per heavy atom. The fourth-order valence-electron chi connectivity index (χ4n) is 1.55. The van der Waals surface area contributed by atoms with Crippen LogP contribution in [0.25, 0.3) is 5.95 Å². The van der Waals surface area contributed by atoms with E-state index in [1.807, 2.05) is 19.2 Å². The van der Waals surface area contributed by atoms with Gasteiger partial charge in [-0.25, -0.2) is 14.6 Å². The second-order valence-corrected chi connectivity index (χ2v) is 4.32. The zero-order valence-corrected chi connectivity index (χ0v) is 10.4. The summed E-state index contributed by atoms with van der Waals surface area (Å²) >= 11 is 0. The minimum absolute atomic E-state index is 0.403. The molecule has 2 aromatic heterocycles. The molecule has 0 saturated carbocycles. The first-order chi connectivity index (χ1) is 8.11. The Kier molecular flexibility index (Phi) is 3.19. The van der Waals surface area contributed by atoms with Crippen LogP contribution in [0.5, 0.6) is 0 Å². The SMILES string of the molecule is Cc1nc(-n2ccc(C(C)C)n2)ncc1CN. The number of hydrogen-bond donors (Lipinski definition) is 1. The molecule has 5 heteroatoms. The van der Waals surface area contributed by atoms with E-state index in [0.29, 0.717) is 18.4 Å². The van der Waals surface area contributed by atoms with Crippen molar-refractivity contribution in [3.63, 3.8) is 0 Å². The van der Waals surface area contributed by atoms with Crippen LogP contribution in [0.4, 0.5) is 0 Å². The van der Waals surface area contributed by atoms with E-state index < -0.39 is 0 Å². The minimum Gasteiger partial charge on any atom is -0.326 e. The predicted octanol–water partition coefficient (Wildman–Crippen LogP) is 1.55. The molecule has 2 aromatic rings. The molecule has 0 saturated heterocycles. The lowest BCUT2D eigenvalue weighted by Gasteiger charge is -2.04. The van der Waals surface area contributed by atoms with Crippen LogP contribution in [0.2, 0.25) is 0 Å². The Balaban J connectivity index is 2.36. The molecule has 90 valence electrons. The van der Waals surface area contributed by atoms with E-state index in [2.05, 4.69) is 28.9 Å². The second kappa shape index (κ2) is 4.63. The molecule has 0 atom stereocenters. The molecular formula is C12H17N5. The Bertz CT molecular complexity index is 515. The van der Waals surface area contributed by atoms with Crippen molar-refractivity contribution in [3.05, 3.63) is 35.4 Å². The molecule has 0 radical (unpaired) electrons. The Hall–Kier alpha value is -1.75. The highest BCUT2D eigenvalue weighted by molar-refractivity contribution is 5.22. The number of hydrogen-bond acceptors (Lipinski definition) is 4. The van der Waals surface area contributed by atoms with Crippen LogP contribution in [-0.4, -0.2) is 19.7 Å². The van der Waals surface area contributed by atoms with Crippen molar-refractivity contribution in [1.82, 2.24) is 19.7 Å². The van der Waals surface area contributed by atoms with Crippen LogP contribution in [0.1, 0.15) is 36.7 Å². The first-order valence-electron chi connectivity index (χ1n) is 5.70. The predicted molar refractivity (Wildman–Crippen MR) is 65.9 cm³/mol. The monoisotopic (exact) mass is 231 g/mol. The van der Waals surface area contributed by atoms with Crippen molar-refractivity contribution in [2.45, 2.75) is 33.2 Å². The molecule has 5 nitrogen and oxygen atoms in total. The maximum Gasteiger partial charge on any atom is 0.250 e. The molecule has 2 N–H and O–H groups in total. The van der Waals surface area contributed by atoms with E-state index >= 15 is 0 Å². The summed E-state index contributed by atoms with van der Waals surface area (Å²) in [6, 6.07) is 1.99. The van der Waals surface area contributed by atoms with Crippen molar-refractivity contribution < 1.29 is 0 Å². The van der Waals surface area contributed by atoms with Gasteiger partial charge in [0.25, 0.3) is 5.95 Å². The summed E-state index contributed by atoms with van der Waals surface area (Å²) in [5, 5.41) is 4.44. The van der Waals surface area contributed by atoms with Gasteiger partial charge in [0, 0.05) is 30.2 Å². The van der Waals surface area contributed by atoms with Gasteiger partial charge in [0.15, 0.2) is 0 Å². The molecule has 0 aliphatic heterocycles. The van der Waals surface area contributed by atoms with E-state index in [1.165, 1.54) is 0 Å². The summed E-state index contributed by atoms with van der Waals surface area (Å²) in [6.07, 6.45) is 3.64. The fourth-order valence-corrected chi connectivity index (χ4v) is 1.55. The van der Waals surface area contributed by atoms with Gasteiger partial charge in [-0.05, 0) is 18.9 Å². The number of rotatable bonds is 3. The zero-order chi connectivity index (χ0) is 12.4. The summed E-state index contributed by atoms with van der Waals surface area (Å²) in [5.74, 6) is 0.993. The summed E-state index contributed by atoms with van der Waals surface area (Å²) in [5.41, 5.74) is 8.48. The lowest BCUT2D eigenvalue weighted by molar-refractivity contribution is 0.736. The van der Waals surface area contributed by atoms with Crippen molar-refractivity contribution in [2.75, 3.05) is 0 Å². The van der Waals surface area contributed by atoms with Crippen LogP contribution in [0.3, 0.4) is 0 Å². The molecule has 0 amide bonds. The van der Waals surface area contributed by atoms with Gasteiger partial charge in [-0.3, -0.25) is 0 Å². The van der Waals surface area contributed by atoms with Crippen LogP contribution in [-0.2, 0) is 6.54 Å². The van der Waals surface area contributed by atoms with E-state index in [4.69, 9.17) is 5.73 Å². The van der Waals surface area contributed by atoms with Crippen LogP contribution >= 0.6 is 0 Å². The third-order valence-corrected chi connectivity index (χ3v) is 2.69. The topological polar surface area (TPSA) is 69.6 Å². The minimum atomic E-state index is 0.403. The maximum atomic E-state index is 5.58. The van der Waals surface area contributed by atoms with Crippen molar-refractivity contribution in [2.24, 2.45) is 5.73 Å². The normalized spacial score (nSPS) is 11.1. The number of aromatic nitrogens is 4.